The van der Waals surface area contributed by atoms with Gasteiger partial charge in [-0.3, -0.25) is 23.7 Å². The van der Waals surface area contributed by atoms with E-state index in [2.05, 4.69) is 0 Å². The molecule has 3 aliphatic heterocycles. The molecule has 8 nitrogen and oxygen atoms in total. The summed E-state index contributed by atoms with van der Waals surface area (Å²) in [6, 6.07) is 4.49. The number of anilines is 1. The summed E-state index contributed by atoms with van der Waals surface area (Å²) in [6.45, 7) is 4.80. The third kappa shape index (κ3) is 3.88. The van der Waals surface area contributed by atoms with E-state index < -0.39 is 45.8 Å². The van der Waals surface area contributed by atoms with Gasteiger partial charge in [-0.1, -0.05) is 49.1 Å². The standard InChI is InChI=1S/C23H22F3N3O5S2/c1-22(2)15-16(19(32)29(18(15)31)13-6-4-3-5-12(13)23(24,25)26)35-20-17(22)36-21(33)28(20)11-14(30)27-7-9-34-10-8-27/h3-6,15-16H,7-11H2,1-2H3. The van der Waals surface area contributed by atoms with Gasteiger partial charge in [0.2, 0.25) is 17.7 Å². The minimum Gasteiger partial charge on any atom is -0.378 e. The number of benzene rings is 1. The normalized spacial score (nSPS) is 23.6. The van der Waals surface area contributed by atoms with Gasteiger partial charge in [-0.05, 0) is 12.1 Å². The summed E-state index contributed by atoms with van der Waals surface area (Å²) in [7, 11) is 0. The number of halogens is 3. The Morgan fingerprint density at radius 2 is 1.78 bits per heavy atom. The van der Waals surface area contributed by atoms with E-state index in [4.69, 9.17) is 4.74 Å². The number of carbonyl (C=O) groups excluding carboxylic acids is 3. The van der Waals surface area contributed by atoms with E-state index in [-0.39, 0.29) is 17.3 Å². The SMILES string of the molecule is CC1(C)c2sc(=O)n(CC(=O)N3CCOCC3)c2SC2C(=O)N(c3ccccc3C(F)(F)F)C(=O)C21. The van der Waals surface area contributed by atoms with Crippen molar-refractivity contribution in [2.45, 2.75) is 42.3 Å². The Bertz CT molecular complexity index is 1310. The Morgan fingerprint density at radius 1 is 1.11 bits per heavy atom. The minimum absolute atomic E-state index is 0.228. The van der Waals surface area contributed by atoms with E-state index in [0.717, 1.165) is 35.2 Å². The largest absolute Gasteiger partial charge is 0.418 e. The maximum absolute atomic E-state index is 13.7. The Labute approximate surface area is 212 Å². The second kappa shape index (κ2) is 8.73. The highest BCUT2D eigenvalue weighted by Crippen LogP contribution is 2.55. The van der Waals surface area contributed by atoms with Gasteiger partial charge in [-0.25, -0.2) is 4.90 Å². The molecule has 13 heteroatoms. The van der Waals surface area contributed by atoms with Crippen molar-refractivity contribution in [2.75, 3.05) is 31.2 Å². The van der Waals surface area contributed by atoms with Crippen LogP contribution >= 0.6 is 23.1 Å². The number of hydrogen-bond acceptors (Lipinski definition) is 7. The fourth-order valence-corrected chi connectivity index (χ4v) is 8.00. The average Bonchev–Trinajstić information content (AvgIpc) is 3.28. The number of imide groups is 1. The second-order valence-electron chi connectivity index (χ2n) is 9.35. The molecule has 0 saturated carbocycles. The lowest BCUT2D eigenvalue weighted by molar-refractivity contribution is -0.137. The first-order chi connectivity index (χ1) is 16.9. The molecule has 0 N–H and O–H groups in total. The Morgan fingerprint density at radius 3 is 2.44 bits per heavy atom. The summed E-state index contributed by atoms with van der Waals surface area (Å²) in [5.41, 5.74) is -2.60. The molecule has 0 spiro atoms. The molecule has 2 fully saturated rings. The van der Waals surface area contributed by atoms with Crippen LogP contribution in [0.4, 0.5) is 18.9 Å². The third-order valence-corrected chi connectivity index (χ3v) is 9.63. The van der Waals surface area contributed by atoms with Crippen LogP contribution in [-0.2, 0) is 37.3 Å². The highest BCUT2D eigenvalue weighted by molar-refractivity contribution is 8.00. The number of rotatable bonds is 3. The molecule has 0 aliphatic carbocycles. The van der Waals surface area contributed by atoms with Crippen molar-refractivity contribution in [3.8, 4) is 0 Å². The lowest BCUT2D eigenvalue weighted by atomic mass is 9.76. The number of alkyl halides is 3. The second-order valence-corrected chi connectivity index (χ2v) is 11.4. The van der Waals surface area contributed by atoms with Gasteiger partial charge in [-0.2, -0.15) is 13.2 Å². The Hall–Kier alpha value is -2.64. The number of fused-ring (bicyclic) bond motifs is 2. The third-order valence-electron chi connectivity index (χ3n) is 6.81. The molecule has 2 aromatic rings. The lowest BCUT2D eigenvalue weighted by Gasteiger charge is -2.36. The molecular weight excluding hydrogens is 519 g/mol. The lowest BCUT2D eigenvalue weighted by Crippen LogP contribution is -2.44. The summed E-state index contributed by atoms with van der Waals surface area (Å²) in [4.78, 5) is 55.1. The first kappa shape index (κ1) is 25.0. The number of ether oxygens (including phenoxy) is 1. The van der Waals surface area contributed by atoms with Gasteiger partial charge in [0.15, 0.2) is 0 Å². The smallest absolute Gasteiger partial charge is 0.378 e. The molecule has 2 saturated heterocycles. The zero-order valence-corrected chi connectivity index (χ0v) is 21.0. The molecule has 2 atom stereocenters. The fraction of sp³-hybridized carbons (Fsp3) is 0.478. The van der Waals surface area contributed by atoms with Gasteiger partial charge >= 0.3 is 11.0 Å². The van der Waals surface area contributed by atoms with Crippen molar-refractivity contribution in [1.82, 2.24) is 9.47 Å². The van der Waals surface area contributed by atoms with Crippen LogP contribution in [0, 0.1) is 5.92 Å². The maximum Gasteiger partial charge on any atom is 0.418 e. The van der Waals surface area contributed by atoms with Crippen LogP contribution < -0.4 is 9.77 Å². The number of morpholine rings is 1. The fourth-order valence-electron chi connectivity index (χ4n) is 4.96. The van der Waals surface area contributed by atoms with E-state index in [0.29, 0.717) is 41.1 Å². The molecule has 1 aromatic heterocycles. The molecule has 0 radical (unpaired) electrons. The number of aromatic nitrogens is 1. The van der Waals surface area contributed by atoms with Gasteiger partial charge < -0.3 is 9.64 Å². The maximum atomic E-state index is 13.7. The van der Waals surface area contributed by atoms with Crippen LogP contribution in [0.1, 0.15) is 24.3 Å². The van der Waals surface area contributed by atoms with Crippen LogP contribution in [0.5, 0.6) is 0 Å². The van der Waals surface area contributed by atoms with E-state index in [1.807, 2.05) is 0 Å². The van der Waals surface area contributed by atoms with Gasteiger partial charge in [0.1, 0.15) is 11.8 Å². The number of nitrogens with zero attached hydrogens (tertiary/aromatic N) is 3. The Kier molecular flexibility index (Phi) is 6.07. The first-order valence-electron chi connectivity index (χ1n) is 11.2. The summed E-state index contributed by atoms with van der Waals surface area (Å²) < 4.78 is 47.6. The molecule has 2 unspecified atom stereocenters. The first-order valence-corrected chi connectivity index (χ1v) is 12.9. The van der Waals surface area contributed by atoms with Crippen LogP contribution in [-0.4, -0.2) is 58.7 Å². The highest BCUT2D eigenvalue weighted by atomic mass is 32.2. The van der Waals surface area contributed by atoms with Crippen molar-refractivity contribution in [3.63, 3.8) is 0 Å². The van der Waals surface area contributed by atoms with E-state index in [1.165, 1.54) is 16.7 Å². The van der Waals surface area contributed by atoms with E-state index in [1.54, 1.807) is 18.7 Å². The molecule has 36 heavy (non-hydrogen) atoms. The highest BCUT2D eigenvalue weighted by Gasteiger charge is 2.60. The predicted molar refractivity (Wildman–Crippen MR) is 126 cm³/mol. The number of thioether (sulfide) groups is 1. The average molecular weight is 542 g/mol. The van der Waals surface area contributed by atoms with Gasteiger partial charge in [0, 0.05) is 23.4 Å². The molecule has 5 rings (SSSR count). The van der Waals surface area contributed by atoms with Crippen LogP contribution in [0.2, 0.25) is 0 Å². The van der Waals surface area contributed by atoms with E-state index in [9.17, 15) is 32.3 Å². The van der Waals surface area contributed by atoms with Crippen molar-refractivity contribution in [3.05, 3.63) is 44.4 Å². The van der Waals surface area contributed by atoms with Crippen molar-refractivity contribution < 1.29 is 32.3 Å². The monoisotopic (exact) mass is 541 g/mol. The zero-order chi connectivity index (χ0) is 26.0. The quantitative estimate of drug-likeness (QED) is 0.556. The summed E-state index contributed by atoms with van der Waals surface area (Å²) in [5, 5.41) is -0.620. The number of thiazole rings is 1. The molecule has 192 valence electrons. The summed E-state index contributed by atoms with van der Waals surface area (Å²) >= 11 is 1.87. The van der Waals surface area contributed by atoms with Crippen molar-refractivity contribution in [1.29, 1.82) is 0 Å². The summed E-state index contributed by atoms with van der Waals surface area (Å²) in [5.74, 6) is -2.74. The Balaban J connectivity index is 1.52. The number of para-hydroxylation sites is 1. The number of carbonyl (C=O) groups is 3. The van der Waals surface area contributed by atoms with E-state index >= 15 is 0 Å². The predicted octanol–water partition coefficient (Wildman–Crippen LogP) is 2.73. The molecule has 3 aliphatic rings. The van der Waals surface area contributed by atoms with Crippen LogP contribution in [0.25, 0.3) is 0 Å². The van der Waals surface area contributed by atoms with Crippen LogP contribution in [0.15, 0.2) is 34.1 Å². The van der Waals surface area contributed by atoms with Crippen molar-refractivity contribution >= 4 is 46.5 Å². The summed E-state index contributed by atoms with van der Waals surface area (Å²) in [6.07, 6.45) is -4.76. The molecule has 0 bridgehead atoms. The van der Waals surface area contributed by atoms with Gasteiger partial charge in [-0.15, -0.1) is 0 Å². The van der Waals surface area contributed by atoms with Gasteiger partial charge in [0.05, 0.1) is 35.4 Å². The molecule has 3 amide bonds. The van der Waals surface area contributed by atoms with Gasteiger partial charge in [0.25, 0.3) is 0 Å². The topological polar surface area (TPSA) is 88.9 Å². The van der Waals surface area contributed by atoms with Crippen molar-refractivity contribution in [2.24, 2.45) is 5.92 Å². The molecule has 4 heterocycles. The zero-order valence-electron chi connectivity index (χ0n) is 19.3. The number of hydrogen-bond donors (Lipinski definition) is 0. The molecular formula is C23H22F3N3O5S2. The molecule has 1 aromatic carbocycles. The van der Waals surface area contributed by atoms with Crippen LogP contribution in [0.3, 0.4) is 0 Å². The number of amides is 3. The minimum atomic E-state index is -4.76.